The first kappa shape index (κ1) is 12.7. The number of hydrogen-bond acceptors (Lipinski definition) is 3. The minimum atomic E-state index is 0.0944. The molecule has 1 N–H and O–H groups in total. The Morgan fingerprint density at radius 1 is 1.53 bits per heavy atom. The highest BCUT2D eigenvalue weighted by molar-refractivity contribution is 5.76. The molecule has 1 aromatic rings. The molecular weight excluding hydrogens is 240 g/mol. The van der Waals surface area contributed by atoms with Crippen LogP contribution >= 0.6 is 0 Å². The first-order valence-electron chi connectivity index (χ1n) is 7.21. The van der Waals surface area contributed by atoms with E-state index in [4.69, 9.17) is 0 Å². The Balaban J connectivity index is 1.69. The highest BCUT2D eigenvalue weighted by atomic mass is 16.1. The van der Waals surface area contributed by atoms with Gasteiger partial charge in [-0.3, -0.25) is 14.4 Å². The largest absolute Gasteiger partial charge is 0.359 e. The summed E-state index contributed by atoms with van der Waals surface area (Å²) in [6, 6.07) is 2.25. The molecule has 2 heterocycles. The van der Waals surface area contributed by atoms with Crippen molar-refractivity contribution in [2.75, 3.05) is 20.1 Å². The third kappa shape index (κ3) is 2.66. The molecule has 5 nitrogen and oxygen atoms in total. The number of hydrogen-bond donors (Lipinski definition) is 1. The van der Waals surface area contributed by atoms with Gasteiger partial charge in [0.05, 0.1) is 18.2 Å². The maximum atomic E-state index is 11.6. The molecule has 0 aromatic carbocycles. The second kappa shape index (κ2) is 5.33. The van der Waals surface area contributed by atoms with Gasteiger partial charge in [0.2, 0.25) is 5.91 Å². The van der Waals surface area contributed by atoms with Gasteiger partial charge in [-0.05, 0) is 24.8 Å². The molecule has 1 aliphatic heterocycles. The van der Waals surface area contributed by atoms with Crippen molar-refractivity contribution in [1.29, 1.82) is 0 Å². The van der Waals surface area contributed by atoms with Crippen LogP contribution in [0.5, 0.6) is 0 Å². The van der Waals surface area contributed by atoms with Gasteiger partial charge in [-0.15, -0.1) is 0 Å². The summed E-state index contributed by atoms with van der Waals surface area (Å²) in [5.74, 6) is 0.965. The van der Waals surface area contributed by atoms with E-state index in [0.717, 1.165) is 19.0 Å². The minimum absolute atomic E-state index is 0.0944. The molecule has 0 spiro atoms. The summed E-state index contributed by atoms with van der Waals surface area (Å²) in [6.45, 7) is 3.09. The van der Waals surface area contributed by atoms with Gasteiger partial charge >= 0.3 is 0 Å². The summed E-state index contributed by atoms with van der Waals surface area (Å²) in [6.07, 6.45) is 6.50. The molecule has 5 heteroatoms. The van der Waals surface area contributed by atoms with Gasteiger partial charge in [0, 0.05) is 32.9 Å². The van der Waals surface area contributed by atoms with Crippen molar-refractivity contribution >= 4 is 5.91 Å². The molecule has 1 aliphatic carbocycles. The molecule has 19 heavy (non-hydrogen) atoms. The van der Waals surface area contributed by atoms with E-state index in [1.807, 2.05) is 10.9 Å². The number of nitrogens with one attached hydrogen (secondary N) is 1. The lowest BCUT2D eigenvalue weighted by Gasteiger charge is -2.37. The van der Waals surface area contributed by atoms with Gasteiger partial charge in [0.15, 0.2) is 0 Å². The van der Waals surface area contributed by atoms with Gasteiger partial charge in [0.25, 0.3) is 0 Å². The van der Waals surface area contributed by atoms with Crippen LogP contribution in [0.3, 0.4) is 0 Å². The first-order chi connectivity index (χ1) is 9.26. The van der Waals surface area contributed by atoms with E-state index >= 15 is 0 Å². The van der Waals surface area contributed by atoms with Crippen molar-refractivity contribution in [3.8, 4) is 0 Å². The highest BCUT2D eigenvalue weighted by Gasteiger charge is 2.29. The minimum Gasteiger partial charge on any atom is -0.359 e. The van der Waals surface area contributed by atoms with Gasteiger partial charge in [-0.2, -0.15) is 5.10 Å². The average Bonchev–Trinajstić information content (AvgIpc) is 2.82. The van der Waals surface area contributed by atoms with Crippen LogP contribution in [0.4, 0.5) is 0 Å². The standard InChI is InChI=1S/C14H22N4O/c1-15-14(19)7-13-10-17(8-11-3-2-4-11)9-12-5-6-16-18(12)13/h5-6,11,13H,2-4,7-10H2,1H3,(H,15,19)/t13-/m1/s1. The number of fused-ring (bicyclic) bond motifs is 1. The van der Waals surface area contributed by atoms with Crippen molar-refractivity contribution in [3.63, 3.8) is 0 Å². The van der Waals surface area contributed by atoms with Crippen molar-refractivity contribution < 1.29 is 4.79 Å². The zero-order valence-corrected chi connectivity index (χ0v) is 11.5. The van der Waals surface area contributed by atoms with Crippen molar-refractivity contribution in [2.24, 2.45) is 5.92 Å². The molecule has 1 saturated carbocycles. The summed E-state index contributed by atoms with van der Waals surface area (Å²) in [5, 5.41) is 7.10. The monoisotopic (exact) mass is 262 g/mol. The van der Waals surface area contributed by atoms with E-state index in [-0.39, 0.29) is 11.9 Å². The maximum Gasteiger partial charge on any atom is 0.221 e. The molecule has 3 rings (SSSR count). The molecule has 0 radical (unpaired) electrons. The van der Waals surface area contributed by atoms with Crippen LogP contribution in [0.2, 0.25) is 0 Å². The van der Waals surface area contributed by atoms with Gasteiger partial charge in [-0.25, -0.2) is 0 Å². The fourth-order valence-corrected chi connectivity index (χ4v) is 3.11. The van der Waals surface area contributed by atoms with E-state index in [1.54, 1.807) is 7.05 Å². The average molecular weight is 262 g/mol. The molecule has 1 atom stereocenters. The fourth-order valence-electron chi connectivity index (χ4n) is 3.11. The van der Waals surface area contributed by atoms with Crippen LogP contribution in [0.1, 0.15) is 37.4 Å². The first-order valence-corrected chi connectivity index (χ1v) is 7.21. The molecular formula is C14H22N4O. The van der Waals surface area contributed by atoms with E-state index in [9.17, 15) is 4.79 Å². The van der Waals surface area contributed by atoms with E-state index in [2.05, 4.69) is 21.4 Å². The predicted octanol–water partition coefficient (Wildman–Crippen LogP) is 1.18. The summed E-state index contributed by atoms with van der Waals surface area (Å²) in [7, 11) is 1.70. The topological polar surface area (TPSA) is 50.2 Å². The maximum absolute atomic E-state index is 11.6. The van der Waals surface area contributed by atoms with E-state index in [1.165, 1.54) is 31.5 Å². The third-order valence-electron chi connectivity index (χ3n) is 4.39. The highest BCUT2D eigenvalue weighted by Crippen LogP contribution is 2.30. The van der Waals surface area contributed by atoms with Crippen LogP contribution in [0.15, 0.2) is 12.3 Å². The number of carbonyl (C=O) groups excluding carboxylic acids is 1. The van der Waals surface area contributed by atoms with Crippen molar-refractivity contribution in [1.82, 2.24) is 20.0 Å². The fraction of sp³-hybridized carbons (Fsp3) is 0.714. The number of amides is 1. The summed E-state index contributed by atoms with van der Waals surface area (Å²) in [5.41, 5.74) is 1.24. The molecule has 0 bridgehead atoms. The SMILES string of the molecule is CNC(=O)C[C@@H]1CN(CC2CCC2)Cc2ccnn21. The summed E-state index contributed by atoms with van der Waals surface area (Å²) in [4.78, 5) is 14.1. The Morgan fingerprint density at radius 3 is 3.05 bits per heavy atom. The Morgan fingerprint density at radius 2 is 2.37 bits per heavy atom. The van der Waals surface area contributed by atoms with Crippen molar-refractivity contribution in [2.45, 2.75) is 38.3 Å². The molecule has 1 amide bonds. The lowest BCUT2D eigenvalue weighted by atomic mass is 9.85. The lowest BCUT2D eigenvalue weighted by molar-refractivity contribution is -0.121. The Bertz CT molecular complexity index is 452. The summed E-state index contributed by atoms with van der Waals surface area (Å²) < 4.78 is 2.03. The molecule has 1 aromatic heterocycles. The Hall–Kier alpha value is -1.36. The third-order valence-corrected chi connectivity index (χ3v) is 4.39. The predicted molar refractivity (Wildman–Crippen MR) is 72.6 cm³/mol. The Labute approximate surface area is 114 Å². The number of aromatic nitrogens is 2. The van der Waals surface area contributed by atoms with E-state index < -0.39 is 0 Å². The van der Waals surface area contributed by atoms with Crippen LogP contribution < -0.4 is 5.32 Å². The molecule has 1 fully saturated rings. The zero-order valence-electron chi connectivity index (χ0n) is 11.5. The smallest absolute Gasteiger partial charge is 0.221 e. The number of nitrogens with zero attached hydrogens (tertiary/aromatic N) is 3. The van der Waals surface area contributed by atoms with Gasteiger partial charge in [0.1, 0.15) is 0 Å². The second-order valence-corrected chi connectivity index (χ2v) is 5.79. The van der Waals surface area contributed by atoms with Gasteiger partial charge < -0.3 is 5.32 Å². The van der Waals surface area contributed by atoms with Crippen LogP contribution in [0.25, 0.3) is 0 Å². The van der Waals surface area contributed by atoms with Crippen LogP contribution in [0, 0.1) is 5.92 Å². The lowest BCUT2D eigenvalue weighted by Crippen LogP contribution is -2.42. The normalized spacial score (nSPS) is 23.7. The van der Waals surface area contributed by atoms with Crippen LogP contribution in [-0.2, 0) is 11.3 Å². The second-order valence-electron chi connectivity index (χ2n) is 5.79. The zero-order chi connectivity index (χ0) is 13.2. The van der Waals surface area contributed by atoms with Gasteiger partial charge in [-0.1, -0.05) is 6.42 Å². The molecule has 0 saturated heterocycles. The van der Waals surface area contributed by atoms with Crippen molar-refractivity contribution in [3.05, 3.63) is 18.0 Å². The number of carbonyl (C=O) groups is 1. The Kier molecular flexibility index (Phi) is 3.55. The number of rotatable bonds is 4. The molecule has 0 unspecified atom stereocenters. The summed E-state index contributed by atoms with van der Waals surface area (Å²) >= 11 is 0. The van der Waals surface area contributed by atoms with Crippen LogP contribution in [-0.4, -0.2) is 40.7 Å². The molecule has 104 valence electrons. The quantitative estimate of drug-likeness (QED) is 0.886. The van der Waals surface area contributed by atoms with E-state index in [0.29, 0.717) is 6.42 Å². The molecule has 2 aliphatic rings.